The number of aliphatic hydroxyl groups is 1. The third-order valence-electron chi connectivity index (χ3n) is 2.18. The van der Waals surface area contributed by atoms with Gasteiger partial charge in [-0.1, -0.05) is 30.3 Å². The third-order valence-corrected chi connectivity index (χ3v) is 2.18. The molecule has 0 heterocycles. The standard InChI is InChI=1S/C12H19NO.ClH/c14-10-6-2-5-9-13-11-12-7-3-1-4-8-12;/h1,3-4,7-8,13-14H,2,5-6,9-11H2;1H. The molecule has 0 aliphatic heterocycles. The van der Waals surface area contributed by atoms with Gasteiger partial charge < -0.3 is 10.4 Å². The van der Waals surface area contributed by atoms with Crippen LogP contribution in [0.4, 0.5) is 0 Å². The molecule has 86 valence electrons. The van der Waals surface area contributed by atoms with Crippen molar-refractivity contribution in [1.82, 2.24) is 5.32 Å². The van der Waals surface area contributed by atoms with E-state index in [9.17, 15) is 0 Å². The van der Waals surface area contributed by atoms with Gasteiger partial charge in [0.15, 0.2) is 0 Å². The molecule has 0 fully saturated rings. The number of rotatable bonds is 7. The first-order chi connectivity index (χ1) is 6.93. The summed E-state index contributed by atoms with van der Waals surface area (Å²) in [5.74, 6) is 0. The van der Waals surface area contributed by atoms with Crippen LogP contribution < -0.4 is 5.32 Å². The summed E-state index contributed by atoms with van der Waals surface area (Å²) in [6.07, 6.45) is 3.18. The summed E-state index contributed by atoms with van der Waals surface area (Å²) in [5, 5.41) is 12.0. The molecule has 0 saturated heterocycles. The lowest BCUT2D eigenvalue weighted by molar-refractivity contribution is 0.283. The molecule has 0 spiro atoms. The highest BCUT2D eigenvalue weighted by atomic mass is 35.5. The zero-order chi connectivity index (χ0) is 10.1. The number of aliphatic hydroxyl groups excluding tert-OH is 1. The maximum absolute atomic E-state index is 8.58. The average Bonchev–Trinajstić information content (AvgIpc) is 2.25. The summed E-state index contributed by atoms with van der Waals surface area (Å²) in [4.78, 5) is 0. The van der Waals surface area contributed by atoms with Crippen molar-refractivity contribution in [3.05, 3.63) is 35.9 Å². The Hall–Kier alpha value is -0.570. The topological polar surface area (TPSA) is 32.3 Å². The van der Waals surface area contributed by atoms with Crippen LogP contribution in [0.15, 0.2) is 30.3 Å². The Bertz CT molecular complexity index is 228. The molecule has 2 N–H and O–H groups in total. The van der Waals surface area contributed by atoms with Gasteiger partial charge in [0.05, 0.1) is 0 Å². The van der Waals surface area contributed by atoms with Crippen LogP contribution in [0.2, 0.25) is 0 Å². The van der Waals surface area contributed by atoms with Crippen LogP contribution in [0.25, 0.3) is 0 Å². The number of unbranched alkanes of at least 4 members (excludes halogenated alkanes) is 2. The molecular weight excluding hydrogens is 210 g/mol. The van der Waals surface area contributed by atoms with Crippen molar-refractivity contribution in [3.8, 4) is 0 Å². The Labute approximate surface area is 98.1 Å². The monoisotopic (exact) mass is 229 g/mol. The third kappa shape index (κ3) is 7.37. The Balaban J connectivity index is 0.00000196. The minimum Gasteiger partial charge on any atom is -0.396 e. The summed E-state index contributed by atoms with van der Waals surface area (Å²) < 4.78 is 0. The van der Waals surface area contributed by atoms with Crippen molar-refractivity contribution in [2.45, 2.75) is 25.8 Å². The highest BCUT2D eigenvalue weighted by molar-refractivity contribution is 5.85. The van der Waals surface area contributed by atoms with E-state index in [1.54, 1.807) is 0 Å². The van der Waals surface area contributed by atoms with E-state index in [0.29, 0.717) is 6.61 Å². The van der Waals surface area contributed by atoms with Gasteiger partial charge in [-0.2, -0.15) is 0 Å². The van der Waals surface area contributed by atoms with Crippen LogP contribution in [0.3, 0.4) is 0 Å². The van der Waals surface area contributed by atoms with E-state index >= 15 is 0 Å². The highest BCUT2D eigenvalue weighted by Gasteiger charge is 1.90. The first kappa shape index (κ1) is 14.4. The van der Waals surface area contributed by atoms with Crippen LogP contribution >= 0.6 is 12.4 Å². The fourth-order valence-corrected chi connectivity index (χ4v) is 1.37. The lowest BCUT2D eigenvalue weighted by atomic mass is 10.2. The molecule has 15 heavy (non-hydrogen) atoms. The molecule has 3 heteroatoms. The normalized spacial score (nSPS) is 9.67. The molecular formula is C12H20ClNO. The zero-order valence-corrected chi connectivity index (χ0v) is 9.80. The van der Waals surface area contributed by atoms with Gasteiger partial charge in [0.2, 0.25) is 0 Å². The molecule has 0 unspecified atom stereocenters. The first-order valence-corrected chi connectivity index (χ1v) is 5.29. The van der Waals surface area contributed by atoms with E-state index in [-0.39, 0.29) is 12.4 Å². The molecule has 0 aliphatic rings. The Morgan fingerprint density at radius 3 is 2.40 bits per heavy atom. The maximum Gasteiger partial charge on any atom is 0.0431 e. The van der Waals surface area contributed by atoms with E-state index in [1.165, 1.54) is 5.56 Å². The van der Waals surface area contributed by atoms with E-state index in [4.69, 9.17) is 5.11 Å². The molecule has 0 radical (unpaired) electrons. The lowest BCUT2D eigenvalue weighted by Gasteiger charge is -2.03. The summed E-state index contributed by atoms with van der Waals surface area (Å²) >= 11 is 0. The molecule has 0 aliphatic carbocycles. The number of nitrogens with one attached hydrogen (secondary N) is 1. The van der Waals surface area contributed by atoms with Crippen molar-refractivity contribution in [3.63, 3.8) is 0 Å². The second kappa shape index (κ2) is 9.97. The fourth-order valence-electron chi connectivity index (χ4n) is 1.37. The van der Waals surface area contributed by atoms with Gasteiger partial charge in [0.25, 0.3) is 0 Å². The second-order valence-corrected chi connectivity index (χ2v) is 3.45. The number of hydrogen-bond donors (Lipinski definition) is 2. The molecule has 0 saturated carbocycles. The molecule has 0 amide bonds. The Morgan fingerprint density at radius 2 is 1.73 bits per heavy atom. The smallest absolute Gasteiger partial charge is 0.0431 e. The maximum atomic E-state index is 8.58. The van der Waals surface area contributed by atoms with Crippen molar-refractivity contribution in [2.24, 2.45) is 0 Å². The molecule has 1 aromatic rings. The number of hydrogen-bond acceptors (Lipinski definition) is 2. The average molecular weight is 230 g/mol. The molecule has 0 bridgehead atoms. The van der Waals surface area contributed by atoms with Gasteiger partial charge in [0, 0.05) is 13.2 Å². The molecule has 2 nitrogen and oxygen atoms in total. The quantitative estimate of drug-likeness (QED) is 0.704. The van der Waals surface area contributed by atoms with Crippen molar-refractivity contribution in [1.29, 1.82) is 0 Å². The van der Waals surface area contributed by atoms with Gasteiger partial charge in [-0.05, 0) is 31.4 Å². The Morgan fingerprint density at radius 1 is 1.00 bits per heavy atom. The summed E-state index contributed by atoms with van der Waals surface area (Å²) in [5.41, 5.74) is 1.33. The van der Waals surface area contributed by atoms with Crippen LogP contribution in [-0.2, 0) is 6.54 Å². The number of benzene rings is 1. The molecule has 0 aromatic heterocycles. The van der Waals surface area contributed by atoms with Crippen molar-refractivity contribution >= 4 is 12.4 Å². The van der Waals surface area contributed by atoms with Gasteiger partial charge >= 0.3 is 0 Å². The van der Waals surface area contributed by atoms with Gasteiger partial charge in [-0.3, -0.25) is 0 Å². The van der Waals surface area contributed by atoms with Gasteiger partial charge in [-0.25, -0.2) is 0 Å². The Kier molecular flexibility index (Phi) is 9.59. The number of halogens is 1. The van der Waals surface area contributed by atoms with E-state index in [0.717, 1.165) is 32.4 Å². The molecule has 0 atom stereocenters. The molecule has 1 rings (SSSR count). The predicted octanol–water partition coefficient (Wildman–Crippen LogP) is 2.36. The van der Waals surface area contributed by atoms with Crippen molar-refractivity contribution in [2.75, 3.05) is 13.2 Å². The highest BCUT2D eigenvalue weighted by Crippen LogP contribution is 1.98. The lowest BCUT2D eigenvalue weighted by Crippen LogP contribution is -2.14. The second-order valence-electron chi connectivity index (χ2n) is 3.45. The minimum absolute atomic E-state index is 0. The first-order valence-electron chi connectivity index (χ1n) is 5.29. The minimum atomic E-state index is 0. The van der Waals surface area contributed by atoms with Gasteiger partial charge in [-0.15, -0.1) is 12.4 Å². The van der Waals surface area contributed by atoms with Crippen LogP contribution in [0.5, 0.6) is 0 Å². The van der Waals surface area contributed by atoms with E-state index < -0.39 is 0 Å². The largest absolute Gasteiger partial charge is 0.396 e. The van der Waals surface area contributed by atoms with E-state index in [2.05, 4.69) is 29.6 Å². The summed E-state index contributed by atoms with van der Waals surface area (Å²) in [7, 11) is 0. The van der Waals surface area contributed by atoms with Crippen LogP contribution in [0, 0.1) is 0 Å². The predicted molar refractivity (Wildman–Crippen MR) is 66.3 cm³/mol. The van der Waals surface area contributed by atoms with E-state index in [1.807, 2.05) is 6.07 Å². The van der Waals surface area contributed by atoms with Gasteiger partial charge in [0.1, 0.15) is 0 Å². The SMILES string of the molecule is Cl.OCCCCCNCc1ccccc1. The molecule has 1 aromatic carbocycles. The summed E-state index contributed by atoms with van der Waals surface area (Å²) in [6.45, 7) is 2.30. The fraction of sp³-hybridized carbons (Fsp3) is 0.500. The zero-order valence-electron chi connectivity index (χ0n) is 8.98. The van der Waals surface area contributed by atoms with Crippen molar-refractivity contribution < 1.29 is 5.11 Å². The van der Waals surface area contributed by atoms with Crippen LogP contribution in [-0.4, -0.2) is 18.3 Å². The van der Waals surface area contributed by atoms with Crippen LogP contribution in [0.1, 0.15) is 24.8 Å². The summed E-state index contributed by atoms with van der Waals surface area (Å²) in [6, 6.07) is 10.4.